The van der Waals surface area contributed by atoms with E-state index in [1.54, 1.807) is 13.2 Å². The minimum absolute atomic E-state index is 0.0321. The molecule has 0 aliphatic heterocycles. The van der Waals surface area contributed by atoms with Crippen LogP contribution in [0.25, 0.3) is 33.2 Å². The average Bonchev–Trinajstić information content (AvgIpc) is 3.60. The van der Waals surface area contributed by atoms with Gasteiger partial charge in [-0.1, -0.05) is 42.5 Å². The van der Waals surface area contributed by atoms with Crippen molar-refractivity contribution in [3.8, 4) is 11.4 Å². The topological polar surface area (TPSA) is 88.9 Å². The first kappa shape index (κ1) is 23.9. The summed E-state index contributed by atoms with van der Waals surface area (Å²) in [4.78, 5) is 34.8. The van der Waals surface area contributed by atoms with Crippen LogP contribution in [0, 0.1) is 5.92 Å². The van der Waals surface area contributed by atoms with Crippen LogP contribution >= 0.6 is 0 Å². The number of pyridine rings is 1. The SMILES string of the molecule is CNC(=O)C1CCC(n2c(-c3ccc4cnccc4c3)nc3ccc(C(=O)NCc4ccccc4)cc32)C1. The van der Waals surface area contributed by atoms with Crippen molar-refractivity contribution in [3.05, 3.63) is 96.3 Å². The predicted molar refractivity (Wildman–Crippen MR) is 149 cm³/mol. The van der Waals surface area contributed by atoms with Gasteiger partial charge < -0.3 is 15.2 Å². The number of fused-ring (bicyclic) bond motifs is 2. The van der Waals surface area contributed by atoms with E-state index in [2.05, 4.69) is 38.4 Å². The monoisotopic (exact) mass is 503 g/mol. The molecule has 2 atom stereocenters. The van der Waals surface area contributed by atoms with Crippen molar-refractivity contribution in [3.63, 3.8) is 0 Å². The van der Waals surface area contributed by atoms with Crippen LogP contribution in [0.5, 0.6) is 0 Å². The van der Waals surface area contributed by atoms with Gasteiger partial charge in [-0.05, 0) is 60.5 Å². The van der Waals surface area contributed by atoms with E-state index < -0.39 is 0 Å². The molecule has 0 radical (unpaired) electrons. The maximum absolute atomic E-state index is 13.1. The van der Waals surface area contributed by atoms with Gasteiger partial charge in [-0.3, -0.25) is 14.6 Å². The highest BCUT2D eigenvalue weighted by molar-refractivity contribution is 5.98. The molecule has 190 valence electrons. The third-order valence-electron chi connectivity index (χ3n) is 7.53. The Kier molecular flexibility index (Phi) is 6.33. The maximum Gasteiger partial charge on any atom is 0.251 e. The second-order valence-corrected chi connectivity index (χ2v) is 9.89. The van der Waals surface area contributed by atoms with E-state index in [1.807, 2.05) is 60.8 Å². The van der Waals surface area contributed by atoms with E-state index in [1.165, 1.54) is 0 Å². The van der Waals surface area contributed by atoms with E-state index in [4.69, 9.17) is 4.98 Å². The Labute approximate surface area is 220 Å². The van der Waals surface area contributed by atoms with Crippen LogP contribution < -0.4 is 10.6 Å². The standard InChI is InChI=1S/C31H29N5O2/c1-32-30(37)23-9-11-26(16-23)36-28-17-24(31(38)34-18-20-5-3-2-4-6-20)10-12-27(28)35-29(36)22-7-8-25-19-33-14-13-21(25)15-22/h2-8,10,12-15,17,19,23,26H,9,11,16,18H2,1H3,(H,32,37)(H,34,38). The lowest BCUT2D eigenvalue weighted by molar-refractivity contribution is -0.124. The summed E-state index contributed by atoms with van der Waals surface area (Å²) in [6.45, 7) is 0.463. The second kappa shape index (κ2) is 10.1. The molecule has 2 amide bonds. The molecule has 7 heteroatoms. The maximum atomic E-state index is 13.1. The summed E-state index contributed by atoms with van der Waals surface area (Å²) < 4.78 is 2.24. The summed E-state index contributed by atoms with van der Waals surface area (Å²) in [5.41, 5.74) is 4.37. The quantitative estimate of drug-likeness (QED) is 0.330. The number of imidazole rings is 1. The van der Waals surface area contributed by atoms with Gasteiger partial charge in [0.15, 0.2) is 0 Å². The first-order valence-corrected chi connectivity index (χ1v) is 13.0. The van der Waals surface area contributed by atoms with Crippen molar-refractivity contribution >= 4 is 33.6 Å². The lowest BCUT2D eigenvalue weighted by atomic mass is 10.1. The Balaban J connectivity index is 1.41. The van der Waals surface area contributed by atoms with E-state index >= 15 is 0 Å². The number of hydrogen-bond acceptors (Lipinski definition) is 4. The summed E-state index contributed by atoms with van der Waals surface area (Å²) in [6, 6.07) is 23.9. The van der Waals surface area contributed by atoms with Gasteiger partial charge in [0.25, 0.3) is 5.91 Å². The molecular weight excluding hydrogens is 474 g/mol. The molecule has 3 aromatic carbocycles. The number of aromatic nitrogens is 3. The Morgan fingerprint density at radius 1 is 0.974 bits per heavy atom. The van der Waals surface area contributed by atoms with Gasteiger partial charge in [0.05, 0.1) is 11.0 Å². The van der Waals surface area contributed by atoms with Crippen LogP contribution in [0.1, 0.15) is 41.2 Å². The molecular formula is C31H29N5O2. The number of carbonyl (C=O) groups is 2. The highest BCUT2D eigenvalue weighted by Crippen LogP contribution is 2.40. The highest BCUT2D eigenvalue weighted by atomic mass is 16.2. The smallest absolute Gasteiger partial charge is 0.251 e. The molecule has 1 aliphatic carbocycles. The minimum atomic E-state index is -0.127. The third-order valence-corrected chi connectivity index (χ3v) is 7.53. The summed E-state index contributed by atoms with van der Waals surface area (Å²) >= 11 is 0. The van der Waals surface area contributed by atoms with Crippen molar-refractivity contribution in [1.29, 1.82) is 0 Å². The van der Waals surface area contributed by atoms with Gasteiger partial charge in [0.1, 0.15) is 5.82 Å². The molecule has 6 rings (SSSR count). The normalized spacial score (nSPS) is 17.1. The molecule has 0 saturated heterocycles. The molecule has 2 aromatic heterocycles. The molecule has 2 unspecified atom stereocenters. The summed E-state index contributed by atoms with van der Waals surface area (Å²) in [5.74, 6) is 0.772. The predicted octanol–water partition coefficient (Wildman–Crippen LogP) is 5.27. The Bertz CT molecular complexity index is 1640. The van der Waals surface area contributed by atoms with Gasteiger partial charge >= 0.3 is 0 Å². The Morgan fingerprint density at radius 3 is 2.68 bits per heavy atom. The zero-order valence-electron chi connectivity index (χ0n) is 21.2. The molecule has 1 fully saturated rings. The van der Waals surface area contributed by atoms with Gasteiger partial charge in [0.2, 0.25) is 5.91 Å². The van der Waals surface area contributed by atoms with Gasteiger partial charge in [0, 0.05) is 54.5 Å². The van der Waals surface area contributed by atoms with Crippen LogP contribution in [-0.2, 0) is 11.3 Å². The molecule has 5 aromatic rings. The number of hydrogen-bond donors (Lipinski definition) is 2. The summed E-state index contributed by atoms with van der Waals surface area (Å²) in [5, 5.41) is 7.99. The summed E-state index contributed by atoms with van der Waals surface area (Å²) in [7, 11) is 1.69. The van der Waals surface area contributed by atoms with Gasteiger partial charge in [-0.25, -0.2) is 4.98 Å². The van der Waals surface area contributed by atoms with Crippen LogP contribution in [0.3, 0.4) is 0 Å². The number of carbonyl (C=O) groups excluding carboxylic acids is 2. The van der Waals surface area contributed by atoms with Gasteiger partial charge in [-0.2, -0.15) is 0 Å². The number of amides is 2. The number of nitrogens with one attached hydrogen (secondary N) is 2. The number of nitrogens with zero attached hydrogens (tertiary/aromatic N) is 3. The largest absolute Gasteiger partial charge is 0.359 e. The van der Waals surface area contributed by atoms with E-state index in [9.17, 15) is 9.59 Å². The average molecular weight is 504 g/mol. The van der Waals surface area contributed by atoms with E-state index in [0.717, 1.165) is 58.0 Å². The van der Waals surface area contributed by atoms with Crippen LogP contribution in [-0.4, -0.2) is 33.4 Å². The molecule has 2 N–H and O–H groups in total. The highest BCUT2D eigenvalue weighted by Gasteiger charge is 2.33. The zero-order valence-corrected chi connectivity index (χ0v) is 21.2. The van der Waals surface area contributed by atoms with Crippen molar-refractivity contribution in [2.75, 3.05) is 7.05 Å². The van der Waals surface area contributed by atoms with Crippen molar-refractivity contribution in [1.82, 2.24) is 25.2 Å². The fourth-order valence-electron chi connectivity index (χ4n) is 5.54. The molecule has 7 nitrogen and oxygen atoms in total. The molecule has 2 heterocycles. The van der Waals surface area contributed by atoms with E-state index in [-0.39, 0.29) is 23.8 Å². The van der Waals surface area contributed by atoms with Crippen molar-refractivity contribution in [2.45, 2.75) is 31.8 Å². The first-order chi connectivity index (χ1) is 18.6. The first-order valence-electron chi connectivity index (χ1n) is 13.0. The van der Waals surface area contributed by atoms with Crippen molar-refractivity contribution < 1.29 is 9.59 Å². The second-order valence-electron chi connectivity index (χ2n) is 9.89. The minimum Gasteiger partial charge on any atom is -0.359 e. The zero-order chi connectivity index (χ0) is 26.1. The molecule has 38 heavy (non-hydrogen) atoms. The fourth-order valence-corrected chi connectivity index (χ4v) is 5.54. The van der Waals surface area contributed by atoms with E-state index in [0.29, 0.717) is 12.1 Å². The third kappa shape index (κ3) is 4.52. The van der Waals surface area contributed by atoms with Crippen LogP contribution in [0.4, 0.5) is 0 Å². The van der Waals surface area contributed by atoms with Gasteiger partial charge in [-0.15, -0.1) is 0 Å². The number of benzene rings is 3. The van der Waals surface area contributed by atoms with Crippen LogP contribution in [0.15, 0.2) is 85.2 Å². The molecule has 0 bridgehead atoms. The number of rotatable bonds is 6. The molecule has 1 aliphatic rings. The van der Waals surface area contributed by atoms with Crippen LogP contribution in [0.2, 0.25) is 0 Å². The molecule has 0 spiro atoms. The Hall–Kier alpha value is -4.52. The fraction of sp³-hybridized carbons (Fsp3) is 0.226. The lowest BCUT2D eigenvalue weighted by Gasteiger charge is -2.18. The Morgan fingerprint density at radius 2 is 1.84 bits per heavy atom. The summed E-state index contributed by atoms with van der Waals surface area (Å²) in [6.07, 6.45) is 6.08. The van der Waals surface area contributed by atoms with Crippen molar-refractivity contribution in [2.24, 2.45) is 5.92 Å². The lowest BCUT2D eigenvalue weighted by Crippen LogP contribution is -2.25. The molecule has 1 saturated carbocycles.